The lowest BCUT2D eigenvalue weighted by atomic mass is 9.97. The quantitative estimate of drug-likeness (QED) is 0.105. The van der Waals surface area contributed by atoms with Crippen molar-refractivity contribution in [1.29, 1.82) is 0 Å². The minimum Gasteiger partial charge on any atom is -0.479 e. The molecule has 0 bridgehead atoms. The molecular weight excluding hydrogens is 725 g/mol. The fraction of sp³-hybridized carbons (Fsp3) is 0.367. The highest BCUT2D eigenvalue weighted by Gasteiger charge is 2.25. The van der Waals surface area contributed by atoms with Gasteiger partial charge in [-0.3, -0.25) is 4.79 Å². The van der Waals surface area contributed by atoms with Gasteiger partial charge in [0.25, 0.3) is 0 Å². The monoisotopic (exact) mass is 751 g/mol. The summed E-state index contributed by atoms with van der Waals surface area (Å²) in [5, 5.41) is 7.23. The van der Waals surface area contributed by atoms with Crippen molar-refractivity contribution in [3.8, 4) is 29.5 Å². The maximum absolute atomic E-state index is 14.2. The van der Waals surface area contributed by atoms with Gasteiger partial charge in [-0.1, -0.05) is 61.5 Å². The number of hydrogen-bond acceptors (Lipinski definition) is 8. The van der Waals surface area contributed by atoms with Crippen LogP contribution in [0.15, 0.2) is 38.3 Å². The van der Waals surface area contributed by atoms with E-state index in [-0.39, 0.29) is 56.3 Å². The summed E-state index contributed by atoms with van der Waals surface area (Å²) in [4.78, 5) is 35.7. The van der Waals surface area contributed by atoms with Crippen LogP contribution in [0.2, 0.25) is 15.1 Å². The molecule has 0 spiro atoms. The van der Waals surface area contributed by atoms with E-state index in [4.69, 9.17) is 66.7 Å². The average molecular weight is 753 g/mol. The molecular formula is C30H28Cl4F3N5O6. The lowest BCUT2D eigenvalue weighted by Crippen LogP contribution is -2.25. The van der Waals surface area contributed by atoms with Crippen molar-refractivity contribution in [1.82, 2.24) is 24.1 Å². The summed E-state index contributed by atoms with van der Waals surface area (Å²) in [6.45, 7) is 5.50. The van der Waals surface area contributed by atoms with Crippen LogP contribution >= 0.6 is 46.4 Å². The molecule has 2 heterocycles. The molecule has 0 aliphatic heterocycles. The molecule has 0 aliphatic rings. The van der Waals surface area contributed by atoms with Gasteiger partial charge in [-0.2, -0.15) is 18.1 Å². The van der Waals surface area contributed by atoms with Crippen LogP contribution in [-0.4, -0.2) is 48.7 Å². The van der Waals surface area contributed by atoms with E-state index in [9.17, 15) is 27.6 Å². The zero-order valence-electron chi connectivity index (χ0n) is 26.0. The first kappa shape index (κ1) is 38.5. The Hall–Kier alpha value is -3.90. The lowest BCUT2D eigenvalue weighted by Gasteiger charge is -2.12. The second-order valence-electron chi connectivity index (χ2n) is 10.8. The van der Waals surface area contributed by atoms with Crippen molar-refractivity contribution in [3.63, 3.8) is 0 Å². The Morgan fingerprint density at radius 2 is 1.71 bits per heavy atom. The van der Waals surface area contributed by atoms with E-state index in [1.54, 1.807) is 6.92 Å². The molecule has 1 unspecified atom stereocenters. The Balaban J connectivity index is 0.000000264. The standard InChI is InChI=1S/C15H14Cl2F3N3O3.C15H14Cl2N2O3/c1-3-26-13(24)10(17)4-8-5-12(11(18)6-9(8)16)23-15(25)22(14(19)20)7(2)21-23;1-5-6-21-12-8-11(9(16)7-10(12)17)19-14(20)22-13(18-19)15(2,3)4/h5-6,10,14H,3-4H2,1-2H3;1,7-8H,6H2,2-4H3. The first-order valence-corrected chi connectivity index (χ1v) is 15.4. The van der Waals surface area contributed by atoms with Gasteiger partial charge in [0.15, 0.2) is 5.82 Å². The minimum absolute atomic E-state index is 0.0424. The van der Waals surface area contributed by atoms with Crippen LogP contribution in [0.25, 0.3) is 11.4 Å². The van der Waals surface area contributed by atoms with Crippen LogP contribution in [0, 0.1) is 25.1 Å². The van der Waals surface area contributed by atoms with Crippen LogP contribution < -0.4 is 16.2 Å². The highest BCUT2D eigenvalue weighted by atomic mass is 35.5. The summed E-state index contributed by atoms with van der Waals surface area (Å²) in [5.74, 6) is 0.386. The molecule has 4 aromatic rings. The van der Waals surface area contributed by atoms with Crippen molar-refractivity contribution in [3.05, 3.63) is 83.5 Å². The topological polar surface area (TPSA) is 123 Å². The van der Waals surface area contributed by atoms with Gasteiger partial charge in [0.05, 0.1) is 22.3 Å². The Kier molecular flexibility index (Phi) is 12.8. The highest BCUT2D eigenvalue weighted by molar-refractivity contribution is 6.36. The Morgan fingerprint density at radius 1 is 1.04 bits per heavy atom. The second-order valence-corrected chi connectivity index (χ2v) is 12.5. The van der Waals surface area contributed by atoms with E-state index in [1.165, 1.54) is 19.1 Å². The third-order valence-electron chi connectivity index (χ3n) is 6.19. The van der Waals surface area contributed by atoms with E-state index in [0.717, 1.165) is 16.8 Å². The molecule has 48 heavy (non-hydrogen) atoms. The van der Waals surface area contributed by atoms with Gasteiger partial charge in [0, 0.05) is 22.9 Å². The van der Waals surface area contributed by atoms with E-state index < -0.39 is 40.6 Å². The summed E-state index contributed by atoms with van der Waals surface area (Å²) < 4.78 is 57.1. The molecule has 0 saturated carbocycles. The number of alkyl halides is 3. The van der Waals surface area contributed by atoms with Crippen LogP contribution in [0.1, 0.15) is 51.5 Å². The Labute approximate surface area is 292 Å². The number of carbonyl (C=O) groups is 1. The Morgan fingerprint density at radius 3 is 2.25 bits per heavy atom. The van der Waals surface area contributed by atoms with Gasteiger partial charge >= 0.3 is 24.0 Å². The number of rotatable bonds is 9. The summed E-state index contributed by atoms with van der Waals surface area (Å²) in [6.07, 6.45) is 5.04. The van der Waals surface area contributed by atoms with Crippen molar-refractivity contribution in [2.75, 3.05) is 13.2 Å². The SMILES string of the molecule is C#CCOc1cc(-n2nc(C(C)(C)C)oc2=O)c(Cl)cc1Cl.CCOC(=O)C(Cl)Cc1cc(-n2nc(C)n(C(F)F)c2=O)c(F)cc1Cl. The van der Waals surface area contributed by atoms with Crippen molar-refractivity contribution < 1.29 is 31.9 Å². The largest absolute Gasteiger partial charge is 0.479 e. The molecule has 18 heteroatoms. The predicted molar refractivity (Wildman–Crippen MR) is 174 cm³/mol. The van der Waals surface area contributed by atoms with Gasteiger partial charge in [0.1, 0.15) is 29.2 Å². The molecule has 4 rings (SSSR count). The number of ether oxygens (including phenoxy) is 2. The van der Waals surface area contributed by atoms with E-state index in [2.05, 4.69) is 16.1 Å². The van der Waals surface area contributed by atoms with Crippen LogP contribution in [0.4, 0.5) is 13.2 Å². The number of esters is 1. The Bertz CT molecular complexity index is 1960. The number of carbonyl (C=O) groups excluding carboxylic acids is 1. The van der Waals surface area contributed by atoms with E-state index in [1.807, 2.05) is 20.8 Å². The average Bonchev–Trinajstić information content (AvgIpc) is 3.53. The molecule has 0 aliphatic carbocycles. The first-order valence-electron chi connectivity index (χ1n) is 13.8. The van der Waals surface area contributed by atoms with Crippen LogP contribution in [0.3, 0.4) is 0 Å². The number of aromatic nitrogens is 5. The van der Waals surface area contributed by atoms with E-state index >= 15 is 0 Å². The van der Waals surface area contributed by atoms with Crippen molar-refractivity contribution >= 4 is 52.4 Å². The molecule has 0 radical (unpaired) electrons. The first-order chi connectivity index (χ1) is 22.4. The number of hydrogen-bond donors (Lipinski definition) is 0. The smallest absolute Gasteiger partial charge is 0.442 e. The molecule has 2 aromatic heterocycles. The highest BCUT2D eigenvalue weighted by Crippen LogP contribution is 2.33. The number of terminal acetylenes is 1. The molecule has 2 aromatic carbocycles. The van der Waals surface area contributed by atoms with Gasteiger partial charge in [-0.05, 0) is 37.6 Å². The number of halogens is 7. The third kappa shape index (κ3) is 8.96. The van der Waals surface area contributed by atoms with Gasteiger partial charge < -0.3 is 13.9 Å². The molecule has 11 nitrogen and oxygen atoms in total. The molecule has 0 fully saturated rings. The number of nitrogens with zero attached hydrogens (tertiary/aromatic N) is 5. The summed E-state index contributed by atoms with van der Waals surface area (Å²) in [7, 11) is 0. The fourth-order valence-corrected chi connectivity index (χ4v) is 4.88. The molecule has 0 amide bonds. The van der Waals surface area contributed by atoms with Crippen molar-refractivity contribution in [2.24, 2.45) is 0 Å². The summed E-state index contributed by atoms with van der Waals surface area (Å²) in [6, 6.07) is 4.99. The predicted octanol–water partition coefficient (Wildman–Crippen LogP) is 6.68. The van der Waals surface area contributed by atoms with Crippen LogP contribution in [0.5, 0.6) is 5.75 Å². The van der Waals surface area contributed by atoms with E-state index in [0.29, 0.717) is 22.0 Å². The van der Waals surface area contributed by atoms with Gasteiger partial charge in [-0.25, -0.2) is 18.5 Å². The third-order valence-corrected chi connectivity index (χ3v) is 7.47. The molecule has 0 N–H and O–H groups in total. The molecule has 1 atom stereocenters. The summed E-state index contributed by atoms with van der Waals surface area (Å²) >= 11 is 24.1. The normalized spacial score (nSPS) is 11.9. The van der Waals surface area contributed by atoms with Gasteiger partial charge in [-0.15, -0.1) is 28.2 Å². The minimum atomic E-state index is -3.12. The maximum Gasteiger partial charge on any atom is 0.442 e. The van der Waals surface area contributed by atoms with Crippen molar-refractivity contribution in [2.45, 2.75) is 58.4 Å². The molecule has 258 valence electrons. The summed E-state index contributed by atoms with van der Waals surface area (Å²) in [5.41, 5.74) is -1.47. The zero-order valence-corrected chi connectivity index (χ0v) is 29.0. The fourth-order valence-electron chi connectivity index (χ4n) is 3.91. The number of aryl methyl sites for hydroxylation is 1. The lowest BCUT2D eigenvalue weighted by molar-refractivity contribution is -0.142. The van der Waals surface area contributed by atoms with Crippen LogP contribution in [-0.2, 0) is 21.4 Å². The number of benzene rings is 2. The zero-order chi connectivity index (χ0) is 36.1. The maximum atomic E-state index is 14.2. The van der Waals surface area contributed by atoms with Gasteiger partial charge in [0.2, 0.25) is 5.89 Å². The second kappa shape index (κ2) is 16.0. The molecule has 0 saturated heterocycles.